The van der Waals surface area contributed by atoms with Crippen molar-refractivity contribution in [1.29, 1.82) is 0 Å². The van der Waals surface area contributed by atoms with E-state index in [0.717, 1.165) is 6.54 Å². The van der Waals surface area contributed by atoms with Crippen LogP contribution in [0, 0.1) is 5.92 Å². The highest BCUT2D eigenvalue weighted by molar-refractivity contribution is 5.78. The van der Waals surface area contributed by atoms with E-state index in [2.05, 4.69) is 32.8 Å². The maximum atomic E-state index is 11.4. The summed E-state index contributed by atoms with van der Waals surface area (Å²) in [6.07, 6.45) is 0.696. The van der Waals surface area contributed by atoms with Gasteiger partial charge in [-0.05, 0) is 27.9 Å². The van der Waals surface area contributed by atoms with Crippen LogP contribution in [-0.4, -0.2) is 48.9 Å². The summed E-state index contributed by atoms with van der Waals surface area (Å²) in [5.74, 6) is 0.736. The Balaban J connectivity index is 2.70. The molecular formula is C10H20N2O. The van der Waals surface area contributed by atoms with Gasteiger partial charge in [0.25, 0.3) is 0 Å². The molecule has 3 nitrogen and oxygen atoms in total. The summed E-state index contributed by atoms with van der Waals surface area (Å²) in [6.45, 7) is 5.29. The van der Waals surface area contributed by atoms with Gasteiger partial charge in [-0.2, -0.15) is 0 Å². The van der Waals surface area contributed by atoms with E-state index in [1.165, 1.54) is 0 Å². The van der Waals surface area contributed by atoms with Gasteiger partial charge in [0.15, 0.2) is 0 Å². The molecule has 1 atom stereocenters. The zero-order valence-corrected chi connectivity index (χ0v) is 9.29. The van der Waals surface area contributed by atoms with Gasteiger partial charge in [0, 0.05) is 31.5 Å². The fourth-order valence-corrected chi connectivity index (χ4v) is 1.70. The van der Waals surface area contributed by atoms with Crippen LogP contribution >= 0.6 is 0 Å². The standard InChI is InChI=1S/C10H20N2O/c1-10(2,11(3)4)8-6-9(13)12(5)7-8/h8H,6-7H2,1-5H3. The van der Waals surface area contributed by atoms with Gasteiger partial charge >= 0.3 is 0 Å². The molecule has 1 heterocycles. The van der Waals surface area contributed by atoms with Crippen molar-refractivity contribution < 1.29 is 4.79 Å². The van der Waals surface area contributed by atoms with Crippen LogP contribution in [0.2, 0.25) is 0 Å². The Morgan fingerprint density at radius 1 is 1.46 bits per heavy atom. The maximum Gasteiger partial charge on any atom is 0.222 e. The quantitative estimate of drug-likeness (QED) is 0.634. The molecule has 0 saturated carbocycles. The Hall–Kier alpha value is -0.570. The van der Waals surface area contributed by atoms with Gasteiger partial charge in [-0.25, -0.2) is 0 Å². The zero-order valence-electron chi connectivity index (χ0n) is 9.29. The molecule has 1 amide bonds. The Morgan fingerprint density at radius 2 is 2.00 bits per heavy atom. The fourth-order valence-electron chi connectivity index (χ4n) is 1.70. The third kappa shape index (κ3) is 1.85. The number of nitrogens with zero attached hydrogens (tertiary/aromatic N) is 2. The van der Waals surface area contributed by atoms with E-state index in [-0.39, 0.29) is 11.4 Å². The molecule has 1 aliphatic rings. The van der Waals surface area contributed by atoms with Gasteiger partial charge in [0.1, 0.15) is 0 Å². The normalized spacial score (nSPS) is 24.6. The smallest absolute Gasteiger partial charge is 0.222 e. The second kappa shape index (κ2) is 3.29. The summed E-state index contributed by atoms with van der Waals surface area (Å²) in [6, 6.07) is 0. The molecule has 0 aromatic heterocycles. The third-order valence-electron chi connectivity index (χ3n) is 3.49. The SMILES string of the molecule is CN1CC(C(C)(C)N(C)C)CC1=O. The molecule has 1 aliphatic heterocycles. The van der Waals surface area contributed by atoms with Crippen LogP contribution in [0.15, 0.2) is 0 Å². The van der Waals surface area contributed by atoms with Gasteiger partial charge in [-0.1, -0.05) is 0 Å². The molecule has 0 aromatic rings. The molecule has 0 N–H and O–H groups in total. The van der Waals surface area contributed by atoms with E-state index in [0.29, 0.717) is 12.3 Å². The van der Waals surface area contributed by atoms with E-state index >= 15 is 0 Å². The Kier molecular flexibility index (Phi) is 2.66. The summed E-state index contributed by atoms with van der Waals surface area (Å²) < 4.78 is 0. The minimum Gasteiger partial charge on any atom is -0.345 e. The van der Waals surface area contributed by atoms with Crippen molar-refractivity contribution in [3.8, 4) is 0 Å². The number of likely N-dealkylation sites (tertiary alicyclic amines) is 1. The van der Waals surface area contributed by atoms with Gasteiger partial charge < -0.3 is 9.80 Å². The average molecular weight is 184 g/mol. The largest absolute Gasteiger partial charge is 0.345 e. The second-order valence-electron chi connectivity index (χ2n) is 4.72. The monoisotopic (exact) mass is 184 g/mol. The molecule has 0 bridgehead atoms. The lowest BCUT2D eigenvalue weighted by atomic mass is 9.85. The van der Waals surface area contributed by atoms with Crippen LogP contribution in [0.5, 0.6) is 0 Å². The first kappa shape index (κ1) is 10.5. The third-order valence-corrected chi connectivity index (χ3v) is 3.49. The predicted octanol–water partition coefficient (Wildman–Crippen LogP) is 0.805. The van der Waals surface area contributed by atoms with Gasteiger partial charge in [0.2, 0.25) is 5.91 Å². The van der Waals surface area contributed by atoms with Crippen molar-refractivity contribution in [3.05, 3.63) is 0 Å². The lowest BCUT2D eigenvalue weighted by Crippen LogP contribution is -2.45. The highest BCUT2D eigenvalue weighted by Crippen LogP contribution is 2.30. The van der Waals surface area contributed by atoms with Crippen LogP contribution in [0.25, 0.3) is 0 Å². The lowest BCUT2D eigenvalue weighted by molar-refractivity contribution is -0.126. The molecule has 0 spiro atoms. The Morgan fingerprint density at radius 3 is 2.31 bits per heavy atom. The van der Waals surface area contributed by atoms with Crippen LogP contribution < -0.4 is 0 Å². The first-order valence-electron chi connectivity index (χ1n) is 4.77. The van der Waals surface area contributed by atoms with Crippen molar-refractivity contribution in [2.45, 2.75) is 25.8 Å². The summed E-state index contributed by atoms with van der Waals surface area (Å²) in [4.78, 5) is 15.4. The molecule has 1 unspecified atom stereocenters. The van der Waals surface area contributed by atoms with E-state index in [4.69, 9.17) is 0 Å². The number of carbonyl (C=O) groups is 1. The molecular weight excluding hydrogens is 164 g/mol. The number of hydrogen-bond acceptors (Lipinski definition) is 2. The molecule has 76 valence electrons. The van der Waals surface area contributed by atoms with Crippen molar-refractivity contribution >= 4 is 5.91 Å². The van der Waals surface area contributed by atoms with Gasteiger partial charge in [-0.3, -0.25) is 4.79 Å². The topological polar surface area (TPSA) is 23.6 Å². The number of rotatable bonds is 2. The van der Waals surface area contributed by atoms with Crippen molar-refractivity contribution in [2.75, 3.05) is 27.7 Å². The summed E-state index contributed by atoms with van der Waals surface area (Å²) >= 11 is 0. The molecule has 3 heteroatoms. The van der Waals surface area contributed by atoms with Crippen molar-refractivity contribution in [2.24, 2.45) is 5.92 Å². The molecule has 0 aromatic carbocycles. The molecule has 1 fully saturated rings. The lowest BCUT2D eigenvalue weighted by Gasteiger charge is -2.37. The average Bonchev–Trinajstić information content (AvgIpc) is 2.32. The van der Waals surface area contributed by atoms with E-state index in [9.17, 15) is 4.79 Å². The van der Waals surface area contributed by atoms with Crippen LogP contribution in [0.3, 0.4) is 0 Å². The summed E-state index contributed by atoms with van der Waals surface area (Å²) in [5.41, 5.74) is 0.112. The Labute approximate surface area is 80.7 Å². The van der Waals surface area contributed by atoms with Crippen LogP contribution in [0.1, 0.15) is 20.3 Å². The summed E-state index contributed by atoms with van der Waals surface area (Å²) in [5, 5.41) is 0. The molecule has 13 heavy (non-hydrogen) atoms. The second-order valence-corrected chi connectivity index (χ2v) is 4.72. The summed E-state index contributed by atoms with van der Waals surface area (Å²) in [7, 11) is 6.03. The molecule has 0 radical (unpaired) electrons. The highest BCUT2D eigenvalue weighted by Gasteiger charge is 2.39. The molecule has 1 saturated heterocycles. The Bertz CT molecular complexity index is 211. The predicted molar refractivity (Wildman–Crippen MR) is 53.5 cm³/mol. The molecule has 1 rings (SSSR count). The highest BCUT2D eigenvalue weighted by atomic mass is 16.2. The minimum atomic E-state index is 0.112. The number of hydrogen-bond donors (Lipinski definition) is 0. The molecule has 0 aliphatic carbocycles. The zero-order chi connectivity index (χ0) is 10.2. The van der Waals surface area contributed by atoms with Gasteiger partial charge in [0.05, 0.1) is 0 Å². The first-order valence-corrected chi connectivity index (χ1v) is 4.77. The number of amides is 1. The minimum absolute atomic E-state index is 0.112. The van der Waals surface area contributed by atoms with E-state index < -0.39 is 0 Å². The first-order chi connectivity index (χ1) is 5.85. The fraction of sp³-hybridized carbons (Fsp3) is 0.900. The van der Waals surface area contributed by atoms with E-state index in [1.807, 2.05) is 11.9 Å². The van der Waals surface area contributed by atoms with Crippen molar-refractivity contribution in [1.82, 2.24) is 9.80 Å². The van der Waals surface area contributed by atoms with Gasteiger partial charge in [-0.15, -0.1) is 0 Å². The maximum absolute atomic E-state index is 11.4. The van der Waals surface area contributed by atoms with Crippen LogP contribution in [0.4, 0.5) is 0 Å². The van der Waals surface area contributed by atoms with Crippen LogP contribution in [-0.2, 0) is 4.79 Å². The van der Waals surface area contributed by atoms with E-state index in [1.54, 1.807) is 0 Å². The van der Waals surface area contributed by atoms with Crippen molar-refractivity contribution in [3.63, 3.8) is 0 Å². The number of carbonyl (C=O) groups excluding carboxylic acids is 1.